The quantitative estimate of drug-likeness (QED) is 0.724. The number of nitrogens with zero attached hydrogens (tertiary/aromatic N) is 1. The van der Waals surface area contributed by atoms with Gasteiger partial charge in [-0.1, -0.05) is 13.5 Å². The van der Waals surface area contributed by atoms with E-state index in [1.165, 1.54) is 0 Å². The van der Waals surface area contributed by atoms with Gasteiger partial charge in [-0.05, 0) is 5.57 Å². The average Bonchev–Trinajstić information content (AvgIpc) is 2.29. The summed E-state index contributed by atoms with van der Waals surface area (Å²) in [4.78, 5) is 1.99. The van der Waals surface area contributed by atoms with E-state index in [-0.39, 0.29) is 11.1 Å². The van der Waals surface area contributed by atoms with E-state index in [0.717, 1.165) is 17.9 Å². The molecule has 16 heavy (non-hydrogen) atoms. The predicted octanol–water partition coefficient (Wildman–Crippen LogP) is 0.311. The van der Waals surface area contributed by atoms with Crippen LogP contribution in [0.5, 0.6) is 0 Å². The van der Waals surface area contributed by atoms with Gasteiger partial charge in [-0.2, -0.15) is 11.8 Å². The van der Waals surface area contributed by atoms with Gasteiger partial charge in [0.1, 0.15) is 5.37 Å². The van der Waals surface area contributed by atoms with Crippen LogP contribution in [0.3, 0.4) is 0 Å². The smallest absolute Gasteiger partial charge is 0.166 e. The molecule has 1 saturated heterocycles. The van der Waals surface area contributed by atoms with Crippen LogP contribution < -0.4 is 5.73 Å². The zero-order chi connectivity index (χ0) is 12.2. The van der Waals surface area contributed by atoms with Gasteiger partial charge in [0.05, 0.1) is 0 Å². The molecule has 0 bridgehead atoms. The van der Waals surface area contributed by atoms with Crippen LogP contribution in [0.15, 0.2) is 12.2 Å². The number of rotatable bonds is 5. The minimum absolute atomic E-state index is 0.198. The molecule has 0 radical (unpaired) electrons. The highest BCUT2D eigenvalue weighted by molar-refractivity contribution is 8.01. The van der Waals surface area contributed by atoms with E-state index < -0.39 is 9.84 Å². The first-order chi connectivity index (χ1) is 7.51. The maximum atomic E-state index is 11.9. The van der Waals surface area contributed by atoms with Crippen molar-refractivity contribution >= 4 is 21.6 Å². The first kappa shape index (κ1) is 14.0. The third-order valence-electron chi connectivity index (χ3n) is 2.72. The standard InChI is InChI=1S/C10H20N2O2S2/c1-3-16(13,14)10-8-15-5-4-12(10)7-9(2)6-11/h10H,2-8,11H2,1H3. The SMILES string of the molecule is C=C(CN)CN1CCSCC1S(=O)(=O)CC. The zero-order valence-corrected chi connectivity index (χ0v) is 11.3. The lowest BCUT2D eigenvalue weighted by atomic mass is 10.3. The lowest BCUT2D eigenvalue weighted by Crippen LogP contribution is -2.48. The summed E-state index contributed by atoms with van der Waals surface area (Å²) in [6.45, 7) is 7.36. The normalized spacial score (nSPS) is 23.2. The van der Waals surface area contributed by atoms with E-state index in [0.29, 0.717) is 18.8 Å². The molecule has 1 rings (SSSR count). The van der Waals surface area contributed by atoms with E-state index in [1.54, 1.807) is 18.7 Å². The van der Waals surface area contributed by atoms with Crippen molar-refractivity contribution in [3.63, 3.8) is 0 Å². The molecule has 6 heteroatoms. The largest absolute Gasteiger partial charge is 0.327 e. The molecule has 4 nitrogen and oxygen atoms in total. The fraction of sp³-hybridized carbons (Fsp3) is 0.800. The van der Waals surface area contributed by atoms with Gasteiger partial charge in [-0.25, -0.2) is 8.42 Å². The van der Waals surface area contributed by atoms with Crippen molar-refractivity contribution in [1.82, 2.24) is 4.90 Å². The minimum atomic E-state index is -3.00. The maximum Gasteiger partial charge on any atom is 0.166 e. The lowest BCUT2D eigenvalue weighted by molar-refractivity contribution is 0.291. The number of sulfone groups is 1. The van der Waals surface area contributed by atoms with Crippen molar-refractivity contribution in [3.05, 3.63) is 12.2 Å². The Labute approximate surface area is 102 Å². The fourth-order valence-electron chi connectivity index (χ4n) is 1.67. The minimum Gasteiger partial charge on any atom is -0.327 e. The summed E-state index contributed by atoms with van der Waals surface area (Å²) in [5.41, 5.74) is 6.39. The summed E-state index contributed by atoms with van der Waals surface area (Å²) in [5, 5.41) is -0.362. The summed E-state index contributed by atoms with van der Waals surface area (Å²) in [6.07, 6.45) is 0. The molecule has 1 aliphatic heterocycles. The summed E-state index contributed by atoms with van der Waals surface area (Å²) in [6, 6.07) is 0. The topological polar surface area (TPSA) is 63.4 Å². The Balaban J connectivity index is 2.75. The molecule has 2 N–H and O–H groups in total. The Bertz CT molecular complexity index is 341. The van der Waals surface area contributed by atoms with Crippen LogP contribution in [0, 0.1) is 0 Å². The number of thioether (sulfide) groups is 1. The molecule has 0 aromatic rings. The van der Waals surface area contributed by atoms with Gasteiger partial charge in [0.25, 0.3) is 0 Å². The van der Waals surface area contributed by atoms with Crippen molar-refractivity contribution in [2.75, 3.05) is 36.9 Å². The molecule has 0 aliphatic carbocycles. The fourth-order valence-corrected chi connectivity index (χ4v) is 4.75. The molecule has 0 saturated carbocycles. The Kier molecular flexibility index (Phi) is 5.30. The molecule has 1 aliphatic rings. The van der Waals surface area contributed by atoms with Gasteiger partial charge in [-0.15, -0.1) is 0 Å². The van der Waals surface area contributed by atoms with Crippen LogP contribution in [-0.4, -0.2) is 55.6 Å². The van der Waals surface area contributed by atoms with Crippen LogP contribution in [-0.2, 0) is 9.84 Å². The van der Waals surface area contributed by atoms with Crippen LogP contribution >= 0.6 is 11.8 Å². The molecule has 94 valence electrons. The molecule has 0 aromatic carbocycles. The molecule has 0 spiro atoms. The maximum absolute atomic E-state index is 11.9. The second kappa shape index (κ2) is 6.05. The average molecular weight is 264 g/mol. The second-order valence-electron chi connectivity index (χ2n) is 3.91. The van der Waals surface area contributed by atoms with E-state index in [4.69, 9.17) is 5.73 Å². The van der Waals surface area contributed by atoms with E-state index >= 15 is 0 Å². The van der Waals surface area contributed by atoms with Gasteiger partial charge < -0.3 is 5.73 Å². The molecule has 1 atom stereocenters. The highest BCUT2D eigenvalue weighted by atomic mass is 32.2. The second-order valence-corrected chi connectivity index (χ2v) is 7.50. The third-order valence-corrected chi connectivity index (χ3v) is 6.06. The molecular formula is C10H20N2O2S2. The molecular weight excluding hydrogens is 244 g/mol. The summed E-state index contributed by atoms with van der Waals surface area (Å²) >= 11 is 1.70. The van der Waals surface area contributed by atoms with Gasteiger partial charge in [0.15, 0.2) is 9.84 Å². The van der Waals surface area contributed by atoms with Crippen molar-refractivity contribution in [3.8, 4) is 0 Å². The highest BCUT2D eigenvalue weighted by Crippen LogP contribution is 2.21. The molecule has 0 amide bonds. The van der Waals surface area contributed by atoms with Crippen LogP contribution in [0.4, 0.5) is 0 Å². The third kappa shape index (κ3) is 3.48. The molecule has 1 unspecified atom stereocenters. The van der Waals surface area contributed by atoms with Gasteiger partial charge in [0, 0.05) is 36.9 Å². The van der Waals surface area contributed by atoms with Crippen molar-refractivity contribution in [2.45, 2.75) is 12.3 Å². The number of hydrogen-bond acceptors (Lipinski definition) is 5. The summed E-state index contributed by atoms with van der Waals surface area (Å²) < 4.78 is 23.8. The van der Waals surface area contributed by atoms with Crippen molar-refractivity contribution < 1.29 is 8.42 Å². The lowest BCUT2D eigenvalue weighted by Gasteiger charge is -2.34. The Hall–Kier alpha value is -0.0400. The van der Waals surface area contributed by atoms with E-state index in [2.05, 4.69) is 6.58 Å². The molecule has 1 heterocycles. The Morgan fingerprint density at radius 3 is 2.88 bits per heavy atom. The molecule has 1 fully saturated rings. The van der Waals surface area contributed by atoms with Crippen molar-refractivity contribution in [2.24, 2.45) is 5.73 Å². The first-order valence-electron chi connectivity index (χ1n) is 5.41. The monoisotopic (exact) mass is 264 g/mol. The van der Waals surface area contributed by atoms with Crippen LogP contribution in [0.2, 0.25) is 0 Å². The van der Waals surface area contributed by atoms with Crippen LogP contribution in [0.1, 0.15) is 6.92 Å². The Morgan fingerprint density at radius 1 is 1.62 bits per heavy atom. The first-order valence-corrected chi connectivity index (χ1v) is 8.28. The summed E-state index contributed by atoms with van der Waals surface area (Å²) in [7, 11) is -3.00. The van der Waals surface area contributed by atoms with Crippen LogP contribution in [0.25, 0.3) is 0 Å². The van der Waals surface area contributed by atoms with E-state index in [1.807, 2.05) is 4.90 Å². The van der Waals surface area contributed by atoms with Gasteiger partial charge in [0.2, 0.25) is 0 Å². The van der Waals surface area contributed by atoms with Gasteiger partial charge >= 0.3 is 0 Å². The van der Waals surface area contributed by atoms with E-state index in [9.17, 15) is 8.42 Å². The summed E-state index contributed by atoms with van der Waals surface area (Å²) in [5.74, 6) is 1.84. The zero-order valence-electron chi connectivity index (χ0n) is 9.68. The number of hydrogen-bond donors (Lipinski definition) is 1. The predicted molar refractivity (Wildman–Crippen MR) is 70.3 cm³/mol. The Morgan fingerprint density at radius 2 is 2.31 bits per heavy atom. The molecule has 0 aromatic heterocycles. The van der Waals surface area contributed by atoms with Gasteiger partial charge in [-0.3, -0.25) is 4.90 Å². The van der Waals surface area contributed by atoms with Crippen molar-refractivity contribution in [1.29, 1.82) is 0 Å². The number of nitrogens with two attached hydrogens (primary N) is 1. The highest BCUT2D eigenvalue weighted by Gasteiger charge is 2.32.